The Hall–Kier alpha value is -2.04. The van der Waals surface area contributed by atoms with Crippen LogP contribution >= 0.6 is 11.6 Å². The second-order valence-electron chi connectivity index (χ2n) is 5.17. The SMILES string of the molecule is Cc1ccc2c(c1N)C=CNC2(N)c1ccc(Cl)cc1F. The minimum atomic E-state index is -1.18. The van der Waals surface area contributed by atoms with E-state index in [-0.39, 0.29) is 0 Å². The summed E-state index contributed by atoms with van der Waals surface area (Å²) in [5.41, 5.74) is 14.9. The van der Waals surface area contributed by atoms with Crippen molar-refractivity contribution in [2.75, 3.05) is 5.73 Å². The lowest BCUT2D eigenvalue weighted by molar-refractivity contribution is 0.444. The van der Waals surface area contributed by atoms with Crippen LogP contribution < -0.4 is 16.8 Å². The largest absolute Gasteiger partial charge is 0.398 e. The number of anilines is 1. The maximum Gasteiger partial charge on any atom is 0.142 e. The van der Waals surface area contributed by atoms with Gasteiger partial charge in [-0.15, -0.1) is 0 Å². The molecule has 2 aromatic carbocycles. The Morgan fingerprint density at radius 2 is 1.90 bits per heavy atom. The molecule has 1 unspecified atom stereocenters. The van der Waals surface area contributed by atoms with Crippen molar-refractivity contribution < 1.29 is 4.39 Å². The summed E-state index contributed by atoms with van der Waals surface area (Å²) in [6.07, 6.45) is 3.53. The zero-order valence-corrected chi connectivity index (χ0v) is 12.2. The van der Waals surface area contributed by atoms with Crippen molar-refractivity contribution in [3.8, 4) is 0 Å². The quantitative estimate of drug-likeness (QED) is 0.709. The first-order valence-electron chi connectivity index (χ1n) is 6.51. The molecule has 1 aliphatic rings. The number of nitrogens with two attached hydrogens (primary N) is 2. The van der Waals surface area contributed by atoms with Gasteiger partial charge in [0.25, 0.3) is 0 Å². The molecule has 0 amide bonds. The van der Waals surface area contributed by atoms with Gasteiger partial charge in [-0.3, -0.25) is 0 Å². The fourth-order valence-electron chi connectivity index (χ4n) is 2.64. The van der Waals surface area contributed by atoms with Crippen molar-refractivity contribution in [1.82, 2.24) is 5.32 Å². The van der Waals surface area contributed by atoms with Crippen molar-refractivity contribution in [2.45, 2.75) is 12.6 Å². The molecular weight excluding hydrogens is 289 g/mol. The summed E-state index contributed by atoms with van der Waals surface area (Å²) in [7, 11) is 0. The Labute approximate surface area is 127 Å². The normalized spacial score (nSPS) is 20.0. The van der Waals surface area contributed by atoms with Gasteiger partial charge in [0.1, 0.15) is 11.5 Å². The van der Waals surface area contributed by atoms with E-state index in [1.165, 1.54) is 6.07 Å². The Morgan fingerprint density at radius 1 is 1.19 bits per heavy atom. The highest BCUT2D eigenvalue weighted by molar-refractivity contribution is 6.30. The van der Waals surface area contributed by atoms with Crippen molar-refractivity contribution >= 4 is 23.4 Å². The van der Waals surface area contributed by atoms with Gasteiger partial charge in [0.2, 0.25) is 0 Å². The molecule has 0 aromatic heterocycles. The molecule has 1 heterocycles. The van der Waals surface area contributed by atoms with Gasteiger partial charge in [-0.1, -0.05) is 29.8 Å². The molecule has 0 fully saturated rings. The van der Waals surface area contributed by atoms with E-state index in [1.807, 2.05) is 25.1 Å². The summed E-state index contributed by atoms with van der Waals surface area (Å²) in [5, 5.41) is 3.36. The summed E-state index contributed by atoms with van der Waals surface area (Å²) in [6.45, 7) is 1.92. The molecule has 0 radical (unpaired) electrons. The molecule has 2 aromatic rings. The fraction of sp³-hybridized carbons (Fsp3) is 0.125. The Morgan fingerprint density at radius 3 is 2.62 bits per heavy atom. The molecular formula is C16H15ClFN3. The molecule has 21 heavy (non-hydrogen) atoms. The van der Waals surface area contributed by atoms with Crippen molar-refractivity contribution in [1.29, 1.82) is 0 Å². The van der Waals surface area contributed by atoms with Crippen molar-refractivity contribution in [3.05, 3.63) is 69.6 Å². The van der Waals surface area contributed by atoms with Crippen LogP contribution in [-0.2, 0) is 5.66 Å². The second kappa shape index (κ2) is 4.76. The lowest BCUT2D eigenvalue weighted by Crippen LogP contribution is -2.51. The molecule has 0 aliphatic carbocycles. The molecule has 0 spiro atoms. The van der Waals surface area contributed by atoms with Gasteiger partial charge in [-0.05, 0) is 36.9 Å². The maximum atomic E-state index is 14.3. The third-order valence-electron chi connectivity index (χ3n) is 3.85. The Kier molecular flexibility index (Phi) is 3.15. The van der Waals surface area contributed by atoms with Gasteiger partial charge < -0.3 is 16.8 Å². The average molecular weight is 304 g/mol. The lowest BCUT2D eigenvalue weighted by atomic mass is 9.85. The molecule has 0 bridgehead atoms. The van der Waals surface area contributed by atoms with Crippen molar-refractivity contribution in [2.24, 2.45) is 5.73 Å². The highest BCUT2D eigenvalue weighted by atomic mass is 35.5. The molecule has 3 rings (SSSR count). The van der Waals surface area contributed by atoms with Gasteiger partial charge >= 0.3 is 0 Å². The average Bonchev–Trinajstić information content (AvgIpc) is 2.43. The number of benzene rings is 2. The minimum absolute atomic E-state index is 0.320. The summed E-state index contributed by atoms with van der Waals surface area (Å²) in [4.78, 5) is 0. The first-order valence-corrected chi connectivity index (χ1v) is 6.89. The number of hydrogen-bond acceptors (Lipinski definition) is 3. The van der Waals surface area contributed by atoms with Crippen LogP contribution in [0, 0.1) is 12.7 Å². The molecule has 5 heteroatoms. The van der Waals surface area contributed by atoms with Crippen LogP contribution in [0.1, 0.15) is 22.3 Å². The molecule has 1 atom stereocenters. The van der Waals surface area contributed by atoms with E-state index in [1.54, 1.807) is 18.3 Å². The number of hydrogen-bond donors (Lipinski definition) is 3. The minimum Gasteiger partial charge on any atom is -0.398 e. The Balaban J connectivity index is 2.25. The number of nitrogens with one attached hydrogen (secondary N) is 1. The molecule has 0 saturated carbocycles. The van der Waals surface area contributed by atoms with Crippen LogP contribution in [0.25, 0.3) is 6.08 Å². The first-order chi connectivity index (χ1) is 9.93. The van der Waals surface area contributed by atoms with E-state index in [4.69, 9.17) is 23.1 Å². The predicted molar refractivity (Wildman–Crippen MR) is 84.1 cm³/mol. The molecule has 5 N–H and O–H groups in total. The van der Waals surface area contributed by atoms with Crippen LogP contribution in [0.5, 0.6) is 0 Å². The monoisotopic (exact) mass is 303 g/mol. The van der Waals surface area contributed by atoms with E-state index in [0.717, 1.165) is 16.7 Å². The van der Waals surface area contributed by atoms with Gasteiger partial charge in [-0.25, -0.2) is 4.39 Å². The first kappa shape index (κ1) is 13.9. The fourth-order valence-corrected chi connectivity index (χ4v) is 2.79. The van der Waals surface area contributed by atoms with E-state index in [0.29, 0.717) is 16.3 Å². The summed E-state index contributed by atoms with van der Waals surface area (Å²) in [5.74, 6) is -0.460. The summed E-state index contributed by atoms with van der Waals surface area (Å²) in [6, 6.07) is 8.20. The third kappa shape index (κ3) is 2.07. The van der Waals surface area contributed by atoms with Gasteiger partial charge in [-0.2, -0.15) is 0 Å². The second-order valence-corrected chi connectivity index (χ2v) is 5.60. The molecule has 108 valence electrons. The maximum absolute atomic E-state index is 14.3. The van der Waals surface area contributed by atoms with Crippen LogP contribution in [0.15, 0.2) is 36.5 Å². The highest BCUT2D eigenvalue weighted by Crippen LogP contribution is 2.36. The summed E-state index contributed by atoms with van der Waals surface area (Å²) < 4.78 is 14.3. The van der Waals surface area contributed by atoms with Gasteiger partial charge in [0.15, 0.2) is 0 Å². The smallest absolute Gasteiger partial charge is 0.142 e. The standard InChI is InChI=1S/C16H15ClFN3/c1-9-2-4-12-11(15(9)19)6-7-21-16(12,20)13-5-3-10(17)8-14(13)18/h2-8,21H,19-20H2,1H3. The topological polar surface area (TPSA) is 64.1 Å². The van der Waals surface area contributed by atoms with E-state index in [2.05, 4.69) is 5.32 Å². The zero-order valence-electron chi connectivity index (χ0n) is 11.5. The molecule has 1 aliphatic heterocycles. The number of rotatable bonds is 1. The van der Waals surface area contributed by atoms with E-state index >= 15 is 0 Å². The van der Waals surface area contributed by atoms with Crippen LogP contribution in [0.2, 0.25) is 5.02 Å². The van der Waals surface area contributed by atoms with Crippen LogP contribution in [-0.4, -0.2) is 0 Å². The van der Waals surface area contributed by atoms with Gasteiger partial charge in [0, 0.05) is 27.4 Å². The third-order valence-corrected chi connectivity index (χ3v) is 4.08. The lowest BCUT2D eigenvalue weighted by Gasteiger charge is -2.36. The molecule has 0 saturated heterocycles. The summed E-state index contributed by atoms with van der Waals surface area (Å²) >= 11 is 5.81. The van der Waals surface area contributed by atoms with E-state index < -0.39 is 11.5 Å². The molecule has 3 nitrogen and oxygen atoms in total. The zero-order chi connectivity index (χ0) is 15.2. The number of halogens is 2. The number of aryl methyl sites for hydroxylation is 1. The van der Waals surface area contributed by atoms with E-state index in [9.17, 15) is 4.39 Å². The number of fused-ring (bicyclic) bond motifs is 1. The van der Waals surface area contributed by atoms with Gasteiger partial charge in [0.05, 0.1) is 0 Å². The Bertz CT molecular complexity index is 757. The predicted octanol–water partition coefficient (Wildman–Crippen LogP) is 3.10. The number of nitrogen functional groups attached to an aromatic ring is 1. The van der Waals surface area contributed by atoms with Crippen LogP contribution in [0.4, 0.5) is 10.1 Å². The highest BCUT2D eigenvalue weighted by Gasteiger charge is 2.35. The van der Waals surface area contributed by atoms with Crippen molar-refractivity contribution in [3.63, 3.8) is 0 Å². The van der Waals surface area contributed by atoms with Crippen LogP contribution in [0.3, 0.4) is 0 Å².